The molecule has 0 bridgehead atoms. The van der Waals surface area contributed by atoms with Gasteiger partial charge in [-0.15, -0.1) is 0 Å². The van der Waals surface area contributed by atoms with Crippen molar-refractivity contribution in [2.75, 3.05) is 0 Å². The van der Waals surface area contributed by atoms with Gasteiger partial charge in [0.2, 0.25) is 0 Å². The molecule has 0 heterocycles. The van der Waals surface area contributed by atoms with Crippen molar-refractivity contribution in [2.24, 2.45) is 0 Å². The molecule has 0 atom stereocenters. The van der Waals surface area contributed by atoms with E-state index in [1.165, 1.54) is 151 Å². The van der Waals surface area contributed by atoms with Gasteiger partial charge in [-0.1, -0.05) is 200 Å². The van der Waals surface area contributed by atoms with Crippen molar-refractivity contribution in [3.8, 4) is 22.3 Å². The van der Waals surface area contributed by atoms with Gasteiger partial charge in [0.05, 0.1) is 0 Å². The summed E-state index contributed by atoms with van der Waals surface area (Å²) in [5, 5.41) is 3.58. The van der Waals surface area contributed by atoms with E-state index >= 15 is 0 Å². The van der Waals surface area contributed by atoms with Crippen LogP contribution in [-0.4, -0.2) is 8.07 Å². The summed E-state index contributed by atoms with van der Waals surface area (Å²) < 4.78 is 0. The Balaban J connectivity index is 1.23. The van der Waals surface area contributed by atoms with E-state index in [0.717, 1.165) is 24.7 Å². The zero-order chi connectivity index (χ0) is 39.2. The van der Waals surface area contributed by atoms with Gasteiger partial charge in [0.25, 0.3) is 0 Å². The zero-order valence-corrected chi connectivity index (χ0v) is 37.3. The van der Waals surface area contributed by atoms with E-state index in [1.54, 1.807) is 54.9 Å². The first-order valence-corrected chi connectivity index (χ1v) is 26.9. The second kappa shape index (κ2) is 18.7. The molecule has 2 fully saturated rings. The van der Waals surface area contributed by atoms with E-state index in [1.807, 2.05) is 0 Å². The van der Waals surface area contributed by atoms with Crippen molar-refractivity contribution in [1.29, 1.82) is 0 Å². The van der Waals surface area contributed by atoms with Crippen LogP contribution in [0.2, 0.25) is 13.1 Å². The van der Waals surface area contributed by atoms with E-state index in [0.29, 0.717) is 0 Å². The molecule has 0 aliphatic heterocycles. The molecule has 0 amide bonds. The predicted octanol–water partition coefficient (Wildman–Crippen LogP) is 17.2. The Morgan fingerprint density at radius 2 is 0.860 bits per heavy atom. The topological polar surface area (TPSA) is 0 Å². The van der Waals surface area contributed by atoms with Gasteiger partial charge in [-0.05, 0) is 142 Å². The van der Waals surface area contributed by atoms with E-state index in [4.69, 9.17) is 0 Å². The fraction of sp³-hybridized carbons (Fsp3) is 0.500. The van der Waals surface area contributed by atoms with Crippen LogP contribution >= 0.6 is 0 Å². The number of allylic oxidation sites excluding steroid dienone is 2. The van der Waals surface area contributed by atoms with Crippen molar-refractivity contribution in [1.82, 2.24) is 0 Å². The van der Waals surface area contributed by atoms with Crippen molar-refractivity contribution < 1.29 is 0 Å². The van der Waals surface area contributed by atoms with Crippen molar-refractivity contribution in [2.45, 2.75) is 180 Å². The highest BCUT2D eigenvalue weighted by atomic mass is 28.3. The van der Waals surface area contributed by atoms with Gasteiger partial charge in [0.15, 0.2) is 0 Å². The molecule has 4 aliphatic carbocycles. The SMILES string of the molecule is CCCCCCC1=C([Si](C)(C)C2=C(CCCCCC)Cc3cccc(-c4ccc(C5CCCCC5)cc4)c32)c2c(cccc2-c2ccc(C3CCCCC3)cc2)C1. The Morgan fingerprint density at radius 3 is 1.25 bits per heavy atom. The number of benzene rings is 4. The minimum absolute atomic E-state index is 0.744. The summed E-state index contributed by atoms with van der Waals surface area (Å²) in [5.74, 6) is 1.49. The van der Waals surface area contributed by atoms with Gasteiger partial charge in [-0.25, -0.2) is 0 Å². The summed E-state index contributed by atoms with van der Waals surface area (Å²) in [6.45, 7) is 10.2. The second-order valence-electron chi connectivity index (χ2n) is 19.2. The maximum absolute atomic E-state index is 2.77. The predicted molar refractivity (Wildman–Crippen MR) is 252 cm³/mol. The van der Waals surface area contributed by atoms with Crippen LogP contribution in [0.15, 0.2) is 96.1 Å². The largest absolute Gasteiger partial charge is 0.113 e. The smallest absolute Gasteiger partial charge is 0.0655 e. The summed E-state index contributed by atoms with van der Waals surface area (Å²) in [5.41, 5.74) is 18.9. The number of hydrogen-bond acceptors (Lipinski definition) is 0. The Morgan fingerprint density at radius 1 is 0.456 bits per heavy atom. The maximum Gasteiger partial charge on any atom is 0.113 e. The third-order valence-electron chi connectivity index (χ3n) is 14.8. The van der Waals surface area contributed by atoms with Crippen molar-refractivity contribution in [3.63, 3.8) is 0 Å². The molecule has 57 heavy (non-hydrogen) atoms. The Hall–Kier alpha value is -3.42. The molecular formula is C56H72Si. The number of hydrogen-bond donors (Lipinski definition) is 0. The lowest BCUT2D eigenvalue weighted by Crippen LogP contribution is -2.32. The standard InChI is InChI=1S/C56H72Si/c1-5-7-9-13-25-49-39-47-27-19-29-51(45-35-31-43(32-36-45)41-21-15-11-16-22-41)53(47)55(49)57(3,4)56-50(26-14-10-8-6-2)40-48-28-20-30-52(54(48)56)46-37-33-44(34-38-46)42-23-17-12-18-24-42/h19-20,27-38,41-42H,5-18,21-26,39-40H2,1-4H3. The highest BCUT2D eigenvalue weighted by molar-refractivity contribution is 7.09. The second-order valence-corrected chi connectivity index (χ2v) is 23.4. The van der Waals surface area contributed by atoms with E-state index in [-0.39, 0.29) is 0 Å². The normalized spacial score (nSPS) is 17.8. The molecule has 0 saturated heterocycles. The molecule has 8 rings (SSSR count). The molecular weight excluding hydrogens is 701 g/mol. The lowest BCUT2D eigenvalue weighted by molar-refractivity contribution is 0.443. The Labute approximate surface area is 348 Å². The van der Waals surface area contributed by atoms with E-state index < -0.39 is 8.07 Å². The van der Waals surface area contributed by atoms with Crippen LogP contribution in [-0.2, 0) is 12.8 Å². The first-order chi connectivity index (χ1) is 28.0. The molecule has 4 aromatic rings. The van der Waals surface area contributed by atoms with E-state index in [9.17, 15) is 0 Å². The van der Waals surface area contributed by atoms with Gasteiger partial charge in [-0.3, -0.25) is 0 Å². The molecule has 0 spiro atoms. The summed E-state index contributed by atoms with van der Waals surface area (Å²) in [4.78, 5) is 0. The van der Waals surface area contributed by atoms with Crippen LogP contribution < -0.4 is 0 Å². The van der Waals surface area contributed by atoms with Crippen LogP contribution in [0.5, 0.6) is 0 Å². The van der Waals surface area contributed by atoms with Gasteiger partial charge in [0.1, 0.15) is 8.07 Å². The van der Waals surface area contributed by atoms with Crippen molar-refractivity contribution in [3.05, 3.63) is 129 Å². The van der Waals surface area contributed by atoms with Crippen molar-refractivity contribution >= 4 is 18.5 Å². The van der Waals surface area contributed by atoms with Gasteiger partial charge in [-0.2, -0.15) is 0 Å². The third kappa shape index (κ3) is 8.67. The fourth-order valence-corrected chi connectivity index (χ4v) is 16.2. The summed E-state index contributed by atoms with van der Waals surface area (Å²) in [7, 11) is -2.25. The molecule has 4 aliphatic rings. The minimum atomic E-state index is -2.25. The quantitative estimate of drug-likeness (QED) is 0.0786. The number of fused-ring (bicyclic) bond motifs is 2. The first-order valence-electron chi connectivity index (χ1n) is 23.9. The molecule has 1 heteroatoms. The lowest BCUT2D eigenvalue weighted by Gasteiger charge is -2.33. The van der Waals surface area contributed by atoms with Crippen LogP contribution in [0.25, 0.3) is 32.6 Å². The maximum atomic E-state index is 2.77. The molecule has 0 N–H and O–H groups in total. The highest BCUT2D eigenvalue weighted by Gasteiger charge is 2.43. The molecule has 0 aromatic heterocycles. The number of rotatable bonds is 16. The molecule has 4 aromatic carbocycles. The average Bonchev–Trinajstić information content (AvgIpc) is 3.84. The molecule has 0 nitrogen and oxygen atoms in total. The van der Waals surface area contributed by atoms with Gasteiger partial charge in [0, 0.05) is 0 Å². The number of unbranched alkanes of at least 4 members (excludes halogenated alkanes) is 6. The molecule has 300 valence electrons. The monoisotopic (exact) mass is 773 g/mol. The van der Waals surface area contributed by atoms with Crippen LogP contribution in [0.1, 0.15) is 187 Å². The summed E-state index contributed by atoms with van der Waals surface area (Å²) >= 11 is 0. The fourth-order valence-electron chi connectivity index (χ4n) is 11.9. The third-order valence-corrected chi connectivity index (χ3v) is 18.5. The van der Waals surface area contributed by atoms with Crippen LogP contribution in [0.3, 0.4) is 0 Å². The highest BCUT2D eigenvalue weighted by Crippen LogP contribution is 2.54. The zero-order valence-electron chi connectivity index (χ0n) is 36.3. The molecule has 0 radical (unpaired) electrons. The first kappa shape index (κ1) is 40.4. The summed E-state index contributed by atoms with van der Waals surface area (Å²) in [6.07, 6.45) is 29.2. The van der Waals surface area contributed by atoms with Crippen LogP contribution in [0, 0.1) is 0 Å². The Kier molecular flexibility index (Phi) is 13.2. The van der Waals surface area contributed by atoms with Gasteiger partial charge >= 0.3 is 0 Å². The minimum Gasteiger partial charge on any atom is -0.0655 e. The van der Waals surface area contributed by atoms with Gasteiger partial charge < -0.3 is 0 Å². The van der Waals surface area contributed by atoms with E-state index in [2.05, 4.69) is 112 Å². The Bertz CT molecular complexity index is 1880. The lowest BCUT2D eigenvalue weighted by atomic mass is 9.83. The molecule has 0 unspecified atom stereocenters. The van der Waals surface area contributed by atoms with Crippen LogP contribution in [0.4, 0.5) is 0 Å². The molecule has 2 saturated carbocycles. The average molecular weight is 773 g/mol. The summed E-state index contributed by atoms with van der Waals surface area (Å²) in [6, 6.07) is 34.6.